The molecule has 0 spiro atoms. The number of carbonyl (C=O) groups excluding carboxylic acids is 1. The van der Waals surface area contributed by atoms with Crippen molar-refractivity contribution < 1.29 is 9.90 Å². The molecule has 3 nitrogen and oxygen atoms in total. The quantitative estimate of drug-likeness (QED) is 0.729. The fourth-order valence-corrected chi connectivity index (χ4v) is 1.97. The number of aliphatic hydroxyl groups is 1. The number of Topliss-reactive ketones (excluding diaryl/α,β-unsaturated/α-hetero) is 1. The first kappa shape index (κ1) is 11.3. The van der Waals surface area contributed by atoms with E-state index < -0.39 is 0 Å². The number of carbonyl (C=O) groups is 1. The summed E-state index contributed by atoms with van der Waals surface area (Å²) in [5.41, 5.74) is 1.76. The van der Waals surface area contributed by atoms with Gasteiger partial charge in [0, 0.05) is 11.0 Å². The summed E-state index contributed by atoms with van der Waals surface area (Å²) in [7, 11) is 1.76. The molecule has 2 rings (SSSR count). The van der Waals surface area contributed by atoms with Gasteiger partial charge in [0.05, 0.1) is 13.2 Å². The maximum absolute atomic E-state index is 11.7. The lowest BCUT2D eigenvalue weighted by Crippen LogP contribution is -2.19. The van der Waals surface area contributed by atoms with Crippen LogP contribution in [-0.4, -0.2) is 31.1 Å². The summed E-state index contributed by atoms with van der Waals surface area (Å²) in [6.07, 6.45) is 2.04. The predicted molar refractivity (Wildman–Crippen MR) is 62.7 cm³/mol. The van der Waals surface area contributed by atoms with Crippen molar-refractivity contribution >= 4 is 5.78 Å². The molecule has 0 radical (unpaired) electrons. The van der Waals surface area contributed by atoms with Gasteiger partial charge in [-0.2, -0.15) is 0 Å². The molecule has 86 valence electrons. The molecule has 0 heterocycles. The average Bonchev–Trinajstić information content (AvgIpc) is 3.10. The van der Waals surface area contributed by atoms with Gasteiger partial charge in [-0.25, -0.2) is 0 Å². The van der Waals surface area contributed by atoms with Crippen LogP contribution in [0.1, 0.15) is 28.8 Å². The number of hydrogen-bond acceptors (Lipinski definition) is 3. The summed E-state index contributed by atoms with van der Waals surface area (Å²) in [6, 6.07) is 7.65. The first-order chi connectivity index (χ1) is 7.72. The van der Waals surface area contributed by atoms with Gasteiger partial charge >= 0.3 is 0 Å². The van der Waals surface area contributed by atoms with E-state index in [4.69, 9.17) is 0 Å². The zero-order chi connectivity index (χ0) is 11.6. The lowest BCUT2D eigenvalue weighted by Gasteiger charge is -2.13. The van der Waals surface area contributed by atoms with Gasteiger partial charge in [0.25, 0.3) is 0 Å². The molecule has 0 bridgehead atoms. The summed E-state index contributed by atoms with van der Waals surface area (Å²) in [6.45, 7) is 0.534. The molecule has 0 aromatic heterocycles. The molecule has 0 atom stereocenters. The van der Waals surface area contributed by atoms with Gasteiger partial charge in [0.15, 0.2) is 5.78 Å². The van der Waals surface area contributed by atoms with Gasteiger partial charge in [0.2, 0.25) is 0 Å². The number of ketones is 1. The topological polar surface area (TPSA) is 49.3 Å². The van der Waals surface area contributed by atoms with E-state index in [2.05, 4.69) is 5.32 Å². The van der Waals surface area contributed by atoms with Gasteiger partial charge in [-0.1, -0.05) is 18.2 Å². The smallest absolute Gasteiger partial charge is 0.176 e. The minimum atomic E-state index is -0.0596. The largest absolute Gasteiger partial charge is 0.395 e. The number of aliphatic hydroxyl groups excluding tert-OH is 1. The number of nitrogens with one attached hydrogen (secondary N) is 1. The Morgan fingerprint density at radius 1 is 1.50 bits per heavy atom. The van der Waals surface area contributed by atoms with Crippen molar-refractivity contribution in [2.24, 2.45) is 0 Å². The molecule has 1 saturated carbocycles. The van der Waals surface area contributed by atoms with Crippen molar-refractivity contribution in [3.63, 3.8) is 0 Å². The zero-order valence-electron chi connectivity index (χ0n) is 9.49. The van der Waals surface area contributed by atoms with E-state index in [0.717, 1.165) is 24.0 Å². The van der Waals surface area contributed by atoms with Crippen molar-refractivity contribution in [3.05, 3.63) is 35.4 Å². The molecule has 1 aromatic rings. The van der Waals surface area contributed by atoms with Crippen LogP contribution in [0.15, 0.2) is 24.3 Å². The lowest BCUT2D eigenvalue weighted by molar-refractivity contribution is 0.0993. The number of likely N-dealkylation sites (N-methyl/N-ethyl adjacent to an activating group) is 1. The summed E-state index contributed by atoms with van der Waals surface area (Å²) in [5, 5.41) is 12.2. The van der Waals surface area contributed by atoms with E-state index in [1.165, 1.54) is 0 Å². The molecule has 2 N–H and O–H groups in total. The van der Waals surface area contributed by atoms with E-state index in [1.54, 1.807) is 7.05 Å². The van der Waals surface area contributed by atoms with Crippen LogP contribution in [0, 0.1) is 0 Å². The molecule has 0 aliphatic heterocycles. The standard InChI is InChI=1S/C13H17NO2/c1-14-8-12(16)10-3-2-4-11(7-10)13(9-15)5-6-13/h2-4,7,14-15H,5-6,8-9H2,1H3. The molecule has 0 unspecified atom stereocenters. The van der Waals surface area contributed by atoms with E-state index in [1.807, 2.05) is 24.3 Å². The van der Waals surface area contributed by atoms with Crippen LogP contribution in [0.2, 0.25) is 0 Å². The SMILES string of the molecule is CNCC(=O)c1cccc(C2(CO)CC2)c1. The minimum absolute atomic E-state index is 0.0596. The predicted octanol–water partition coefficient (Wildman–Crippen LogP) is 1.11. The Kier molecular flexibility index (Phi) is 3.08. The Balaban J connectivity index is 2.23. The molecule has 1 aromatic carbocycles. The highest BCUT2D eigenvalue weighted by molar-refractivity contribution is 5.97. The maximum atomic E-state index is 11.7. The number of rotatable bonds is 5. The number of hydrogen-bond donors (Lipinski definition) is 2. The van der Waals surface area contributed by atoms with Crippen molar-refractivity contribution in [2.45, 2.75) is 18.3 Å². The summed E-state index contributed by atoms with van der Waals surface area (Å²) in [5.74, 6) is 0.0955. The normalized spacial score (nSPS) is 17.1. The van der Waals surface area contributed by atoms with Gasteiger partial charge in [0.1, 0.15) is 0 Å². The molecule has 3 heteroatoms. The molecular weight excluding hydrogens is 202 g/mol. The second kappa shape index (κ2) is 4.36. The molecule has 1 aliphatic carbocycles. The van der Waals surface area contributed by atoms with Gasteiger partial charge in [-0.3, -0.25) is 4.79 Å². The summed E-state index contributed by atoms with van der Waals surface area (Å²) < 4.78 is 0. The van der Waals surface area contributed by atoms with Crippen molar-refractivity contribution in [2.75, 3.05) is 20.2 Å². The third-order valence-corrected chi connectivity index (χ3v) is 3.29. The van der Waals surface area contributed by atoms with Crippen molar-refractivity contribution in [1.29, 1.82) is 0 Å². The van der Waals surface area contributed by atoms with E-state index in [0.29, 0.717) is 6.54 Å². The number of benzene rings is 1. The fraction of sp³-hybridized carbons (Fsp3) is 0.462. The molecular formula is C13H17NO2. The molecule has 1 fully saturated rings. The Morgan fingerprint density at radius 3 is 2.81 bits per heavy atom. The Morgan fingerprint density at radius 2 is 2.25 bits per heavy atom. The van der Waals surface area contributed by atoms with Gasteiger partial charge in [-0.05, 0) is 31.5 Å². The first-order valence-corrected chi connectivity index (χ1v) is 5.61. The van der Waals surface area contributed by atoms with Crippen molar-refractivity contribution in [3.8, 4) is 0 Å². The average molecular weight is 219 g/mol. The highest BCUT2D eigenvalue weighted by atomic mass is 16.3. The van der Waals surface area contributed by atoms with E-state index in [9.17, 15) is 9.90 Å². The van der Waals surface area contributed by atoms with Crippen LogP contribution in [0.4, 0.5) is 0 Å². The maximum Gasteiger partial charge on any atom is 0.176 e. The zero-order valence-corrected chi connectivity index (χ0v) is 9.49. The second-order valence-corrected chi connectivity index (χ2v) is 4.47. The molecule has 0 saturated heterocycles. The summed E-state index contributed by atoms with van der Waals surface area (Å²) >= 11 is 0. The lowest BCUT2D eigenvalue weighted by atomic mass is 9.94. The van der Waals surface area contributed by atoms with Crippen LogP contribution < -0.4 is 5.32 Å². The van der Waals surface area contributed by atoms with Crippen LogP contribution in [0.25, 0.3) is 0 Å². The Hall–Kier alpha value is -1.19. The highest BCUT2D eigenvalue weighted by Gasteiger charge is 2.43. The first-order valence-electron chi connectivity index (χ1n) is 5.61. The van der Waals surface area contributed by atoms with Crippen LogP contribution in [-0.2, 0) is 5.41 Å². The second-order valence-electron chi connectivity index (χ2n) is 4.47. The van der Waals surface area contributed by atoms with Gasteiger partial charge < -0.3 is 10.4 Å². The van der Waals surface area contributed by atoms with Crippen LogP contribution in [0.5, 0.6) is 0 Å². The summed E-state index contributed by atoms with van der Waals surface area (Å²) in [4.78, 5) is 11.7. The Bertz CT molecular complexity index is 397. The van der Waals surface area contributed by atoms with E-state index >= 15 is 0 Å². The molecule has 0 amide bonds. The van der Waals surface area contributed by atoms with Gasteiger partial charge in [-0.15, -0.1) is 0 Å². The Labute approximate surface area is 95.5 Å². The monoisotopic (exact) mass is 219 g/mol. The molecule has 1 aliphatic rings. The fourth-order valence-electron chi connectivity index (χ4n) is 1.97. The van der Waals surface area contributed by atoms with Crippen LogP contribution in [0.3, 0.4) is 0 Å². The minimum Gasteiger partial charge on any atom is -0.395 e. The third-order valence-electron chi connectivity index (χ3n) is 3.29. The molecule has 16 heavy (non-hydrogen) atoms. The van der Waals surface area contributed by atoms with E-state index in [-0.39, 0.29) is 17.8 Å². The van der Waals surface area contributed by atoms with Crippen LogP contribution >= 0.6 is 0 Å². The van der Waals surface area contributed by atoms with Crippen molar-refractivity contribution in [1.82, 2.24) is 5.32 Å². The third kappa shape index (κ3) is 2.01. The highest BCUT2D eigenvalue weighted by Crippen LogP contribution is 2.47.